The molecule has 0 aliphatic carbocycles. The molecule has 0 bridgehead atoms. The Kier molecular flexibility index (Phi) is 12.7. The van der Waals surface area contributed by atoms with Crippen molar-refractivity contribution in [1.29, 1.82) is 0 Å². The molecule has 3 aromatic rings. The number of nitrogens with one attached hydrogen (secondary N) is 2. The van der Waals surface area contributed by atoms with Crippen LogP contribution in [0.5, 0.6) is 5.75 Å². The van der Waals surface area contributed by atoms with Crippen LogP contribution >= 0.6 is 0 Å². The Morgan fingerprint density at radius 2 is 1.52 bits per heavy atom. The van der Waals surface area contributed by atoms with Crippen LogP contribution in [0.15, 0.2) is 78.9 Å². The van der Waals surface area contributed by atoms with Crippen molar-refractivity contribution in [1.82, 2.24) is 5.32 Å². The van der Waals surface area contributed by atoms with Crippen LogP contribution in [0.4, 0.5) is 5.69 Å². The van der Waals surface area contributed by atoms with Crippen LogP contribution < -0.4 is 15.4 Å². The number of carboxylic acids is 1. The number of unbranched alkanes of at least 4 members (excludes halogenated alkanes) is 3. The maximum Gasteiger partial charge on any atom is 0.303 e. The van der Waals surface area contributed by atoms with E-state index in [1.54, 1.807) is 0 Å². The minimum atomic E-state index is -0.869. The second-order valence-electron chi connectivity index (χ2n) is 10.1. The third kappa shape index (κ3) is 12.2. The molecule has 3 rings (SSSR count). The van der Waals surface area contributed by atoms with Gasteiger partial charge in [0.25, 0.3) is 0 Å². The number of carboxylic acid groups (broad SMARTS) is 1. The van der Waals surface area contributed by atoms with E-state index in [1.165, 1.54) is 12.5 Å². The Bertz CT molecular complexity index is 1210. The summed E-state index contributed by atoms with van der Waals surface area (Å²) in [6.07, 6.45) is 6.06. The molecular weight excluding hydrogens is 504 g/mol. The lowest BCUT2D eigenvalue weighted by atomic mass is 10.0. The number of carbonyl (C=O) groups excluding carboxylic acids is 2. The largest absolute Gasteiger partial charge is 0.489 e. The Morgan fingerprint density at radius 3 is 2.25 bits per heavy atom. The number of benzene rings is 3. The van der Waals surface area contributed by atoms with Crippen LogP contribution in [-0.4, -0.2) is 28.9 Å². The smallest absolute Gasteiger partial charge is 0.303 e. The fraction of sp³-hybridized carbons (Fsp3) is 0.364. The molecule has 0 radical (unpaired) electrons. The number of carbonyl (C=O) groups is 3. The molecule has 0 aromatic heterocycles. The van der Waals surface area contributed by atoms with Gasteiger partial charge in [0, 0.05) is 31.5 Å². The number of anilines is 1. The summed E-state index contributed by atoms with van der Waals surface area (Å²) in [5.41, 5.74) is 4.11. The zero-order valence-corrected chi connectivity index (χ0v) is 23.2. The second-order valence-corrected chi connectivity index (χ2v) is 10.1. The summed E-state index contributed by atoms with van der Waals surface area (Å²) in [5, 5.41) is 15.0. The standard InChI is InChI=1S/C33H40N2O5/c1-25(36)34-29-14-9-13-26(22-29)10-5-2-3-8-15-32(37)35-30(18-21-33(38)39)23-27-16-19-31(20-17-27)40-24-28-11-6-4-7-12-28/h4,6-7,9,11-14,16-17,19-20,22,30H,2-3,5,8,10,15,18,21,23-24H2,1H3,(H,34,36)(H,35,37)(H,38,39). The summed E-state index contributed by atoms with van der Waals surface area (Å²) in [6, 6.07) is 25.3. The molecule has 2 amide bonds. The highest BCUT2D eigenvalue weighted by atomic mass is 16.5. The van der Waals surface area contributed by atoms with Crippen LogP contribution in [0.2, 0.25) is 0 Å². The summed E-state index contributed by atoms with van der Waals surface area (Å²) in [5.74, 6) is -0.227. The molecule has 3 N–H and O–H groups in total. The van der Waals surface area contributed by atoms with Crippen molar-refractivity contribution < 1.29 is 24.2 Å². The molecule has 0 aliphatic heterocycles. The second kappa shape index (κ2) is 16.7. The molecule has 0 saturated heterocycles. The normalized spacial score (nSPS) is 11.4. The lowest BCUT2D eigenvalue weighted by Crippen LogP contribution is -2.36. The third-order valence-corrected chi connectivity index (χ3v) is 6.59. The average Bonchev–Trinajstić information content (AvgIpc) is 2.93. The van der Waals surface area contributed by atoms with Gasteiger partial charge >= 0.3 is 5.97 Å². The highest BCUT2D eigenvalue weighted by Gasteiger charge is 2.15. The van der Waals surface area contributed by atoms with Crippen molar-refractivity contribution in [3.63, 3.8) is 0 Å². The zero-order valence-electron chi connectivity index (χ0n) is 23.2. The van der Waals surface area contributed by atoms with Crippen molar-refractivity contribution in [2.24, 2.45) is 0 Å². The SMILES string of the molecule is CC(=O)Nc1cccc(CCCCCCC(=O)NC(CCC(=O)O)Cc2ccc(OCc3ccccc3)cc2)c1. The van der Waals surface area contributed by atoms with Crippen LogP contribution in [-0.2, 0) is 33.8 Å². The molecule has 1 unspecified atom stereocenters. The number of rotatable bonds is 17. The van der Waals surface area contributed by atoms with Gasteiger partial charge in [-0.25, -0.2) is 0 Å². The summed E-state index contributed by atoms with van der Waals surface area (Å²) >= 11 is 0. The van der Waals surface area contributed by atoms with Gasteiger partial charge in [-0.2, -0.15) is 0 Å². The van der Waals surface area contributed by atoms with Gasteiger partial charge in [0.05, 0.1) is 0 Å². The van der Waals surface area contributed by atoms with Crippen molar-refractivity contribution in [2.75, 3.05) is 5.32 Å². The molecular formula is C33H40N2O5. The Morgan fingerprint density at radius 1 is 0.800 bits per heavy atom. The van der Waals surface area contributed by atoms with Gasteiger partial charge < -0.3 is 20.5 Å². The predicted octanol–water partition coefficient (Wildman–Crippen LogP) is 6.31. The topological polar surface area (TPSA) is 105 Å². The average molecular weight is 545 g/mol. The first-order valence-electron chi connectivity index (χ1n) is 14.0. The highest BCUT2D eigenvalue weighted by molar-refractivity contribution is 5.88. The van der Waals surface area contributed by atoms with Crippen LogP contribution in [0.25, 0.3) is 0 Å². The molecule has 0 aliphatic rings. The molecule has 7 heteroatoms. The van der Waals surface area contributed by atoms with E-state index in [9.17, 15) is 14.4 Å². The molecule has 40 heavy (non-hydrogen) atoms. The number of amides is 2. The molecule has 0 saturated carbocycles. The lowest BCUT2D eigenvalue weighted by molar-refractivity contribution is -0.137. The van der Waals surface area contributed by atoms with E-state index in [-0.39, 0.29) is 24.3 Å². The first-order chi connectivity index (χ1) is 19.4. The van der Waals surface area contributed by atoms with Crippen molar-refractivity contribution in [3.8, 4) is 5.75 Å². The van der Waals surface area contributed by atoms with Crippen molar-refractivity contribution in [2.45, 2.75) is 77.4 Å². The van der Waals surface area contributed by atoms with Gasteiger partial charge in [0.15, 0.2) is 0 Å². The minimum Gasteiger partial charge on any atom is -0.489 e. The molecule has 0 spiro atoms. The van der Waals surface area contributed by atoms with E-state index < -0.39 is 5.97 Å². The Labute approximate surface area is 237 Å². The van der Waals surface area contributed by atoms with Crippen LogP contribution in [0.3, 0.4) is 0 Å². The molecule has 0 fully saturated rings. The molecule has 212 valence electrons. The Balaban J connectivity index is 1.38. The summed E-state index contributed by atoms with van der Waals surface area (Å²) in [7, 11) is 0. The fourth-order valence-electron chi connectivity index (χ4n) is 4.55. The first-order valence-corrected chi connectivity index (χ1v) is 14.0. The third-order valence-electron chi connectivity index (χ3n) is 6.59. The van der Waals surface area contributed by atoms with Crippen molar-refractivity contribution >= 4 is 23.5 Å². The number of aliphatic carboxylic acids is 1. The monoisotopic (exact) mass is 544 g/mol. The molecule has 3 aromatic carbocycles. The minimum absolute atomic E-state index is 0.00630. The number of hydrogen-bond acceptors (Lipinski definition) is 4. The summed E-state index contributed by atoms with van der Waals surface area (Å²) in [4.78, 5) is 35.0. The lowest BCUT2D eigenvalue weighted by Gasteiger charge is -2.18. The van der Waals surface area contributed by atoms with E-state index in [4.69, 9.17) is 9.84 Å². The Hall–Kier alpha value is -4.13. The van der Waals surface area contributed by atoms with E-state index in [0.29, 0.717) is 25.9 Å². The van der Waals surface area contributed by atoms with E-state index >= 15 is 0 Å². The maximum atomic E-state index is 12.6. The predicted molar refractivity (Wildman–Crippen MR) is 157 cm³/mol. The number of aryl methyl sites for hydroxylation is 1. The van der Waals surface area contributed by atoms with Gasteiger partial charge in [-0.05, 0) is 73.1 Å². The summed E-state index contributed by atoms with van der Waals surface area (Å²) < 4.78 is 5.85. The zero-order chi connectivity index (χ0) is 28.6. The molecule has 7 nitrogen and oxygen atoms in total. The van der Waals surface area contributed by atoms with Gasteiger partial charge in [-0.15, -0.1) is 0 Å². The summed E-state index contributed by atoms with van der Waals surface area (Å²) in [6.45, 7) is 1.99. The molecule has 1 atom stereocenters. The molecule has 0 heterocycles. The van der Waals surface area contributed by atoms with E-state index in [0.717, 1.165) is 54.7 Å². The van der Waals surface area contributed by atoms with E-state index in [1.807, 2.05) is 72.8 Å². The number of ether oxygens (including phenoxy) is 1. The highest BCUT2D eigenvalue weighted by Crippen LogP contribution is 2.17. The van der Waals surface area contributed by atoms with Gasteiger partial charge in [-0.1, -0.05) is 67.4 Å². The van der Waals surface area contributed by atoms with Gasteiger partial charge in [0.1, 0.15) is 12.4 Å². The maximum absolute atomic E-state index is 12.6. The number of hydrogen-bond donors (Lipinski definition) is 3. The first kappa shape index (κ1) is 30.4. The van der Waals surface area contributed by atoms with Crippen LogP contribution in [0, 0.1) is 0 Å². The van der Waals surface area contributed by atoms with Crippen molar-refractivity contribution in [3.05, 3.63) is 95.6 Å². The van der Waals surface area contributed by atoms with Gasteiger partial charge in [0.2, 0.25) is 11.8 Å². The van der Waals surface area contributed by atoms with E-state index in [2.05, 4.69) is 16.7 Å². The van der Waals surface area contributed by atoms with Gasteiger partial charge in [-0.3, -0.25) is 14.4 Å². The fourth-order valence-corrected chi connectivity index (χ4v) is 4.55. The van der Waals surface area contributed by atoms with Crippen LogP contribution in [0.1, 0.15) is 68.6 Å². The quantitative estimate of drug-likeness (QED) is 0.173.